The summed E-state index contributed by atoms with van der Waals surface area (Å²) in [7, 11) is -1.32. The highest BCUT2D eigenvalue weighted by molar-refractivity contribution is 8.13. The Morgan fingerprint density at radius 1 is 1.37 bits per heavy atom. The van der Waals surface area contributed by atoms with E-state index in [0.29, 0.717) is 18.9 Å². The van der Waals surface area contributed by atoms with Gasteiger partial charge < -0.3 is 9.47 Å². The Balaban J connectivity index is 2.05. The molecule has 2 amide bonds. The Morgan fingerprint density at radius 2 is 2.04 bits per heavy atom. The van der Waals surface area contributed by atoms with Crippen LogP contribution in [0.4, 0.5) is 10.7 Å². The third-order valence-electron chi connectivity index (χ3n) is 3.08. The number of aromatic nitrogens is 2. The molecule has 1 fully saturated rings. The van der Waals surface area contributed by atoms with Gasteiger partial charge in [-0.2, -0.15) is 15.0 Å². The third kappa shape index (κ3) is 5.98. The molecule has 1 saturated heterocycles. The van der Waals surface area contributed by atoms with Crippen molar-refractivity contribution in [2.45, 2.75) is 18.1 Å². The van der Waals surface area contributed by atoms with E-state index in [1.807, 2.05) is 6.92 Å². The summed E-state index contributed by atoms with van der Waals surface area (Å²) >= 11 is 1.14. The largest absolute Gasteiger partial charge is 0.481 e. The first-order chi connectivity index (χ1) is 12.9. The monoisotopic (exact) mass is 420 g/mol. The smallest absolute Gasteiger partial charge is 0.367 e. The van der Waals surface area contributed by atoms with Gasteiger partial charge in [0.1, 0.15) is 0 Å². The highest BCUT2D eigenvalue weighted by Crippen LogP contribution is 2.29. The minimum atomic E-state index is -4.08. The van der Waals surface area contributed by atoms with E-state index in [1.165, 1.54) is 25.3 Å². The number of urea groups is 1. The molecular weight excluding hydrogens is 400 g/mol. The fraction of sp³-hybridized carbons (Fsp3) is 0.615. The number of sulfonamides is 1. The van der Waals surface area contributed by atoms with Crippen LogP contribution in [0.25, 0.3) is 0 Å². The molecule has 0 bridgehead atoms. The summed E-state index contributed by atoms with van der Waals surface area (Å²) in [6.45, 7) is 2.74. The number of carbonyl (C=O) groups excluding carboxylic acids is 1. The van der Waals surface area contributed by atoms with Crippen molar-refractivity contribution >= 4 is 33.8 Å². The predicted octanol–water partition coefficient (Wildman–Crippen LogP) is 1.48. The Morgan fingerprint density at radius 3 is 2.63 bits per heavy atom. The van der Waals surface area contributed by atoms with Crippen LogP contribution in [0.3, 0.4) is 0 Å². The van der Waals surface area contributed by atoms with Gasteiger partial charge in [-0.25, -0.2) is 13.2 Å². The molecule has 150 valence electrons. The Kier molecular flexibility index (Phi) is 7.70. The van der Waals surface area contributed by atoms with E-state index in [1.54, 1.807) is 0 Å². The number of nitrogens with zero attached hydrogens (tertiary/aromatic N) is 5. The van der Waals surface area contributed by atoms with Crippen molar-refractivity contribution in [3.63, 3.8) is 0 Å². The van der Waals surface area contributed by atoms with E-state index in [2.05, 4.69) is 24.9 Å². The van der Waals surface area contributed by atoms with Crippen LogP contribution in [0, 0.1) is 0 Å². The molecule has 12 nitrogen and oxygen atoms in total. The first-order valence-electron chi connectivity index (χ1n) is 7.85. The zero-order valence-corrected chi connectivity index (χ0v) is 16.6. The van der Waals surface area contributed by atoms with Gasteiger partial charge in [-0.05, 0) is 6.42 Å². The maximum absolute atomic E-state index is 12.3. The minimum Gasteiger partial charge on any atom is -0.481 e. The summed E-state index contributed by atoms with van der Waals surface area (Å²) in [6, 6.07) is 0.349. The number of nitrogens with one attached hydrogen (secondary N) is 1. The van der Waals surface area contributed by atoms with Crippen LogP contribution in [0.1, 0.15) is 13.3 Å². The number of hydrogen-bond donors (Lipinski definition) is 1. The van der Waals surface area contributed by atoms with E-state index in [0.717, 1.165) is 18.2 Å². The zero-order chi connectivity index (χ0) is 19.9. The standard InChI is InChI=1S/C13H20N6O6S2/c1-4-6-25-19-5-7-26-13(19)27(21,22)18-17-12(20)16-11-14-9(23-2)8-10(15-11)24-3/h8,13H,4-7H2,1-3H3,(H,14,15,16,20). The number of amides is 2. The number of anilines is 1. The van der Waals surface area contributed by atoms with Crippen LogP contribution in [-0.4, -0.2) is 67.3 Å². The van der Waals surface area contributed by atoms with Crippen molar-refractivity contribution in [3.8, 4) is 11.8 Å². The Labute approximate surface area is 160 Å². The van der Waals surface area contributed by atoms with Crippen LogP contribution in [0.2, 0.25) is 0 Å². The van der Waals surface area contributed by atoms with Crippen LogP contribution in [0.15, 0.2) is 15.7 Å². The van der Waals surface area contributed by atoms with Crippen molar-refractivity contribution in [1.82, 2.24) is 15.0 Å². The highest BCUT2D eigenvalue weighted by Gasteiger charge is 2.37. The second-order valence-electron chi connectivity index (χ2n) is 5.05. The van der Waals surface area contributed by atoms with Crippen molar-refractivity contribution in [1.29, 1.82) is 0 Å². The summed E-state index contributed by atoms with van der Waals surface area (Å²) in [6.07, 6.45) is 0.738. The van der Waals surface area contributed by atoms with Gasteiger partial charge in [0, 0.05) is 12.3 Å². The number of ether oxygens (including phenoxy) is 2. The third-order valence-corrected chi connectivity index (χ3v) is 6.22. The van der Waals surface area contributed by atoms with Gasteiger partial charge in [-0.15, -0.1) is 11.8 Å². The summed E-state index contributed by atoms with van der Waals surface area (Å²) in [4.78, 5) is 25.0. The van der Waals surface area contributed by atoms with E-state index in [4.69, 9.17) is 14.3 Å². The molecule has 0 radical (unpaired) electrons. The molecule has 0 aliphatic carbocycles. The molecule has 1 aliphatic rings. The number of hydrogen-bond acceptors (Lipinski definition) is 10. The van der Waals surface area contributed by atoms with Crippen molar-refractivity contribution in [3.05, 3.63) is 6.07 Å². The minimum absolute atomic E-state index is 0.146. The first kappa shape index (κ1) is 21.3. The van der Waals surface area contributed by atoms with Gasteiger partial charge in [-0.1, -0.05) is 16.6 Å². The summed E-state index contributed by atoms with van der Waals surface area (Å²) in [5.74, 6) is 0.684. The lowest BCUT2D eigenvalue weighted by molar-refractivity contribution is -0.144. The average molecular weight is 420 g/mol. The van der Waals surface area contributed by atoms with Gasteiger partial charge in [0.05, 0.1) is 26.9 Å². The van der Waals surface area contributed by atoms with Gasteiger partial charge in [0.2, 0.25) is 22.4 Å². The molecule has 1 aromatic rings. The van der Waals surface area contributed by atoms with Gasteiger partial charge in [-0.3, -0.25) is 10.2 Å². The van der Waals surface area contributed by atoms with E-state index in [-0.39, 0.29) is 17.7 Å². The van der Waals surface area contributed by atoms with Crippen LogP contribution in [-0.2, 0) is 14.9 Å². The highest BCUT2D eigenvalue weighted by atomic mass is 32.3. The van der Waals surface area contributed by atoms with Crippen molar-refractivity contribution < 1.29 is 27.5 Å². The normalized spacial score (nSPS) is 18.0. The molecule has 0 aromatic carbocycles. The molecule has 27 heavy (non-hydrogen) atoms. The summed E-state index contributed by atoms with van der Waals surface area (Å²) in [5.41, 5.74) is 0. The number of thioether (sulfide) groups is 1. The molecule has 1 atom stereocenters. The van der Waals surface area contributed by atoms with Gasteiger partial charge in [0.15, 0.2) is 0 Å². The molecule has 2 rings (SSSR count). The fourth-order valence-electron chi connectivity index (χ4n) is 1.92. The molecule has 1 N–H and O–H groups in total. The zero-order valence-electron chi connectivity index (χ0n) is 15.0. The molecule has 1 aromatic heterocycles. The quantitative estimate of drug-likeness (QED) is 0.614. The number of methoxy groups -OCH3 is 2. The maximum atomic E-state index is 12.3. The number of hydroxylamine groups is 2. The van der Waals surface area contributed by atoms with Crippen molar-refractivity contribution in [2.75, 3.05) is 38.4 Å². The lowest BCUT2D eigenvalue weighted by atomic mass is 10.5. The number of carbonyl (C=O) groups is 1. The second kappa shape index (κ2) is 9.77. The van der Waals surface area contributed by atoms with Crippen LogP contribution >= 0.6 is 11.8 Å². The molecule has 0 saturated carbocycles. The molecule has 2 heterocycles. The Hall–Kier alpha value is -2.03. The van der Waals surface area contributed by atoms with E-state index >= 15 is 0 Å². The van der Waals surface area contributed by atoms with Crippen LogP contribution in [0.5, 0.6) is 11.8 Å². The summed E-state index contributed by atoms with van der Waals surface area (Å²) in [5, 5.41) is 6.72. The van der Waals surface area contributed by atoms with Crippen molar-refractivity contribution in [2.24, 2.45) is 9.63 Å². The summed E-state index contributed by atoms with van der Waals surface area (Å²) < 4.78 is 36.7. The average Bonchev–Trinajstić information content (AvgIpc) is 3.14. The van der Waals surface area contributed by atoms with Gasteiger partial charge >= 0.3 is 6.03 Å². The SMILES string of the molecule is CCCON1CCSC1S(=O)(=O)N=NC(=O)Nc1nc(OC)cc(OC)n1. The second-order valence-corrected chi connectivity index (χ2v) is 8.18. The van der Waals surface area contributed by atoms with E-state index in [9.17, 15) is 13.2 Å². The lowest BCUT2D eigenvalue weighted by Crippen LogP contribution is -2.34. The van der Waals surface area contributed by atoms with E-state index < -0.39 is 20.8 Å². The number of rotatable bonds is 8. The predicted molar refractivity (Wildman–Crippen MR) is 97.1 cm³/mol. The molecule has 1 aliphatic heterocycles. The Bertz CT molecular complexity index is 767. The van der Waals surface area contributed by atoms with Gasteiger partial charge in [0.25, 0.3) is 10.0 Å². The van der Waals surface area contributed by atoms with Crippen LogP contribution < -0.4 is 14.8 Å². The first-order valence-corrected chi connectivity index (χ1v) is 10.4. The molecule has 1 unspecified atom stereocenters. The topological polar surface area (TPSA) is 145 Å². The molecule has 14 heteroatoms. The molecular formula is C13H20N6O6S2. The lowest BCUT2D eigenvalue weighted by Gasteiger charge is -2.19. The molecule has 0 spiro atoms. The fourth-order valence-corrected chi connectivity index (χ4v) is 4.57. The maximum Gasteiger partial charge on any atom is 0.367 e.